The standard InChI is InChI=1S/C47H49FN8O8S2/c48-29-9-12-36(57)34(25-29)41(43(61)51-47-49-16-24-66-47)55-27-28-8-10-31(26-33(28)44(55)62)52-17-14-30(15-18-52)53-19-21-54(22-20-53)39(59)7-2-1-3-23-65-37-6-4-5-32-40(37)46(64)56(45(32)63)35-11-13-38(58)50-42(35)60/h4-6,8-10,12,16,24-26,30,35,41,57H,1-3,7,11,13-15,17-23,27H2,(H,49,51,61)(H,50,58,60). The number of hydrogen-bond acceptors (Lipinski definition) is 13. The lowest BCUT2D eigenvalue weighted by atomic mass is 10.0. The first kappa shape index (κ1) is 45.0. The highest BCUT2D eigenvalue weighted by Gasteiger charge is 2.46. The van der Waals surface area contributed by atoms with Crippen LogP contribution in [0.5, 0.6) is 5.75 Å². The Morgan fingerprint density at radius 1 is 0.894 bits per heavy atom. The number of aromatic nitrogens is 1. The van der Waals surface area contributed by atoms with Gasteiger partial charge in [-0.3, -0.25) is 54.0 Å². The largest absolute Gasteiger partial charge is 0.508 e. The number of imide groups is 2. The Bertz CT molecular complexity index is 2580. The maximum atomic E-state index is 14.4. The van der Waals surface area contributed by atoms with Crippen molar-refractivity contribution in [2.75, 3.05) is 55.2 Å². The topological polar surface area (TPSA) is 193 Å². The number of amides is 7. The summed E-state index contributed by atoms with van der Waals surface area (Å²) in [4.78, 5) is 105. The number of rotatable bonds is 14. The summed E-state index contributed by atoms with van der Waals surface area (Å²) in [6.45, 7) is 4.65. The molecule has 66 heavy (non-hydrogen) atoms. The molecule has 1 aromatic heterocycles. The number of thiazole rings is 1. The number of anilines is 2. The maximum Gasteiger partial charge on any atom is 0.263 e. The smallest absolute Gasteiger partial charge is 0.263 e. The zero-order valence-corrected chi connectivity index (χ0v) is 37.7. The second-order valence-corrected chi connectivity index (χ2v) is 19.2. The molecular formula is C47H49FN8O8S2. The first-order chi connectivity index (χ1) is 31.9. The summed E-state index contributed by atoms with van der Waals surface area (Å²) in [6.07, 6.45) is 6.43. The number of phenols is 1. The lowest BCUT2D eigenvalue weighted by molar-refractivity contribution is -0.136. The van der Waals surface area contributed by atoms with Crippen LogP contribution in [-0.2, 0) is 25.7 Å². The zero-order valence-electron chi connectivity index (χ0n) is 36.1. The molecule has 16 nitrogen and oxygen atoms in total. The first-order valence-corrected chi connectivity index (χ1v) is 24.2. The van der Waals surface area contributed by atoms with E-state index in [1.165, 1.54) is 40.3 Å². The van der Waals surface area contributed by atoms with Crippen molar-refractivity contribution in [3.63, 3.8) is 0 Å². The third kappa shape index (κ3) is 9.15. The summed E-state index contributed by atoms with van der Waals surface area (Å²) in [5, 5.41) is 17.7. The minimum Gasteiger partial charge on any atom is -0.508 e. The molecule has 5 aliphatic heterocycles. The molecule has 2 unspecified atom stereocenters. The van der Waals surface area contributed by atoms with Crippen LogP contribution in [0.25, 0.3) is 0 Å². The predicted octanol–water partition coefficient (Wildman–Crippen LogP) is 5.19. The highest BCUT2D eigenvalue weighted by Crippen LogP contribution is 2.39. The summed E-state index contributed by atoms with van der Waals surface area (Å²) < 4.78 is 14.4. The van der Waals surface area contributed by atoms with E-state index in [0.29, 0.717) is 52.5 Å². The summed E-state index contributed by atoms with van der Waals surface area (Å²) in [6, 6.07) is 12.3. The summed E-state index contributed by atoms with van der Waals surface area (Å²) in [7, 11) is 0. The number of thioether (sulfide) groups is 1. The van der Waals surface area contributed by atoms with Gasteiger partial charge in [-0.05, 0) is 85.9 Å². The molecule has 0 aliphatic carbocycles. The number of benzene rings is 3. The van der Waals surface area contributed by atoms with Gasteiger partial charge in [-0.15, -0.1) is 23.1 Å². The molecule has 3 N–H and O–H groups in total. The quantitative estimate of drug-likeness (QED) is 0.0853. The molecule has 0 radical (unpaired) electrons. The molecule has 9 rings (SSSR count). The Morgan fingerprint density at radius 2 is 1.70 bits per heavy atom. The van der Waals surface area contributed by atoms with Crippen molar-refractivity contribution in [1.29, 1.82) is 0 Å². The van der Waals surface area contributed by atoms with E-state index in [9.17, 15) is 43.1 Å². The molecule has 3 fully saturated rings. The third-order valence-corrected chi connectivity index (χ3v) is 15.0. The van der Waals surface area contributed by atoms with E-state index < -0.39 is 47.4 Å². The average molecular weight is 937 g/mol. The number of aromatic hydroxyl groups is 1. The van der Waals surface area contributed by atoms with Gasteiger partial charge in [-0.1, -0.05) is 18.6 Å². The molecule has 3 aromatic carbocycles. The van der Waals surface area contributed by atoms with Gasteiger partial charge in [0.05, 0.1) is 11.1 Å². The fourth-order valence-corrected chi connectivity index (χ4v) is 11.3. The van der Waals surface area contributed by atoms with Crippen molar-refractivity contribution in [2.45, 2.75) is 80.9 Å². The monoisotopic (exact) mass is 936 g/mol. The van der Waals surface area contributed by atoms with Crippen molar-refractivity contribution in [3.8, 4) is 5.75 Å². The second kappa shape index (κ2) is 19.3. The predicted molar refractivity (Wildman–Crippen MR) is 244 cm³/mol. The number of piperazine rings is 1. The summed E-state index contributed by atoms with van der Waals surface area (Å²) in [5.41, 5.74) is 2.66. The first-order valence-electron chi connectivity index (χ1n) is 22.3. The maximum absolute atomic E-state index is 14.4. The van der Waals surface area contributed by atoms with Gasteiger partial charge >= 0.3 is 0 Å². The molecule has 0 spiro atoms. The molecule has 5 aliphatic rings. The van der Waals surface area contributed by atoms with Crippen molar-refractivity contribution in [2.24, 2.45) is 0 Å². The van der Waals surface area contributed by atoms with Gasteiger partial charge in [0.2, 0.25) is 17.7 Å². The SMILES string of the molecule is O=C1CCC(N2C(=O)c3cccc(SCCCCCC(=O)N4CCN(C5CCN(c6ccc7c(c6)C(=O)N(C(C(=O)Nc6nccs6)c6cc(F)ccc6O)C7)CC5)CC4)c3C2=O)C(=O)N1. The number of unbranched alkanes of at least 4 members (excludes halogenated alkanes) is 2. The van der Waals surface area contributed by atoms with Gasteiger partial charge in [-0.2, -0.15) is 0 Å². The molecule has 0 bridgehead atoms. The molecule has 344 valence electrons. The molecule has 3 saturated heterocycles. The van der Waals surface area contributed by atoms with Crippen LogP contribution >= 0.6 is 23.1 Å². The number of carbonyl (C=O) groups excluding carboxylic acids is 7. The van der Waals surface area contributed by atoms with Crippen molar-refractivity contribution in [1.82, 2.24) is 29.9 Å². The average Bonchev–Trinajstić information content (AvgIpc) is 4.02. The normalized spacial score (nSPS) is 19.6. The van der Waals surface area contributed by atoms with Crippen molar-refractivity contribution in [3.05, 3.63) is 99.8 Å². The third-order valence-electron chi connectivity index (χ3n) is 13.2. The van der Waals surface area contributed by atoms with E-state index in [1.54, 1.807) is 23.6 Å². The number of fused-ring (bicyclic) bond motifs is 2. The van der Waals surface area contributed by atoms with Crippen LogP contribution in [0.2, 0.25) is 0 Å². The van der Waals surface area contributed by atoms with Crippen LogP contribution in [-0.4, -0.2) is 128 Å². The zero-order chi connectivity index (χ0) is 46.1. The Labute approximate surface area is 388 Å². The Kier molecular flexibility index (Phi) is 13.2. The van der Waals surface area contributed by atoms with Gasteiger partial charge in [0.25, 0.3) is 23.6 Å². The number of hydrogen-bond donors (Lipinski definition) is 3. The minimum absolute atomic E-state index is 0.0154. The highest BCUT2D eigenvalue weighted by atomic mass is 32.2. The van der Waals surface area contributed by atoms with Crippen molar-refractivity contribution < 1.29 is 43.1 Å². The highest BCUT2D eigenvalue weighted by molar-refractivity contribution is 7.99. The number of halogens is 1. The lowest BCUT2D eigenvalue weighted by Gasteiger charge is -2.43. The van der Waals surface area contributed by atoms with Crippen LogP contribution in [0.3, 0.4) is 0 Å². The number of carbonyl (C=O) groups is 7. The Balaban J connectivity index is 0.710. The van der Waals surface area contributed by atoms with E-state index in [4.69, 9.17) is 0 Å². The number of nitrogens with zero attached hydrogens (tertiary/aromatic N) is 6. The molecule has 0 saturated carbocycles. The fraction of sp³-hybridized carbons (Fsp3) is 0.404. The lowest BCUT2D eigenvalue weighted by Crippen LogP contribution is -2.54. The number of piperidine rings is 2. The molecule has 7 amide bonds. The Hall–Kier alpha value is -6.18. The van der Waals surface area contributed by atoms with Gasteiger partial charge in [-0.25, -0.2) is 9.37 Å². The van der Waals surface area contributed by atoms with Gasteiger partial charge in [0.1, 0.15) is 23.7 Å². The van der Waals surface area contributed by atoms with E-state index in [1.807, 2.05) is 23.1 Å². The number of phenolic OH excluding ortho intramolecular Hbond substituents is 1. The molecule has 4 aromatic rings. The summed E-state index contributed by atoms with van der Waals surface area (Å²) in [5.74, 6) is -3.16. The van der Waals surface area contributed by atoms with Crippen LogP contribution in [0.15, 0.2) is 71.1 Å². The van der Waals surface area contributed by atoms with Crippen molar-refractivity contribution >= 4 is 75.3 Å². The van der Waals surface area contributed by atoms with E-state index in [2.05, 4.69) is 25.4 Å². The molecule has 2 atom stereocenters. The van der Waals surface area contributed by atoms with Gasteiger partial charge in [0.15, 0.2) is 5.13 Å². The van der Waals surface area contributed by atoms with Gasteiger partial charge < -0.3 is 19.8 Å². The number of nitrogens with one attached hydrogen (secondary N) is 2. The summed E-state index contributed by atoms with van der Waals surface area (Å²) >= 11 is 2.69. The van der Waals surface area contributed by atoms with Crippen LogP contribution in [0.4, 0.5) is 15.2 Å². The Morgan fingerprint density at radius 3 is 2.45 bits per heavy atom. The minimum atomic E-state index is -1.30. The molecule has 6 heterocycles. The van der Waals surface area contributed by atoms with Crippen LogP contribution in [0, 0.1) is 5.82 Å². The van der Waals surface area contributed by atoms with Gasteiger partial charge in [0, 0.05) is 98.0 Å². The second-order valence-electron chi connectivity index (χ2n) is 17.1. The molecular weight excluding hydrogens is 888 g/mol. The van der Waals surface area contributed by atoms with Crippen LogP contribution in [0.1, 0.15) is 99.6 Å². The van der Waals surface area contributed by atoms with E-state index in [0.717, 1.165) is 86.6 Å². The van der Waals surface area contributed by atoms with E-state index in [-0.39, 0.29) is 48.1 Å². The fourth-order valence-electron chi connectivity index (χ4n) is 9.70. The molecule has 19 heteroatoms. The van der Waals surface area contributed by atoms with Crippen LogP contribution < -0.4 is 15.5 Å². The van der Waals surface area contributed by atoms with E-state index >= 15 is 0 Å².